The minimum Gasteiger partial charge on any atom is -0.395 e. The summed E-state index contributed by atoms with van der Waals surface area (Å²) in [6, 6.07) is 1.91. The standard InChI is InChI=1S/C14H19NO4S/c1-18-7-8-19-11-14(17)15-10-13-12(5-9-20-13)4-2-3-6-16/h5,9,16H,3,6-8,10-11H2,1H3,(H,15,17). The summed E-state index contributed by atoms with van der Waals surface area (Å²) < 4.78 is 9.94. The third kappa shape index (κ3) is 6.68. The molecular weight excluding hydrogens is 278 g/mol. The molecule has 2 N–H and O–H groups in total. The van der Waals surface area contributed by atoms with E-state index in [4.69, 9.17) is 14.6 Å². The van der Waals surface area contributed by atoms with Gasteiger partial charge in [0.1, 0.15) is 6.61 Å². The Morgan fingerprint density at radius 3 is 3.10 bits per heavy atom. The van der Waals surface area contributed by atoms with Gasteiger partial charge in [-0.2, -0.15) is 0 Å². The second kappa shape index (κ2) is 10.4. The Hall–Kier alpha value is -1.39. The third-order valence-corrected chi connectivity index (χ3v) is 3.24. The molecule has 1 heterocycles. The lowest BCUT2D eigenvalue weighted by atomic mass is 10.2. The van der Waals surface area contributed by atoms with Crippen molar-refractivity contribution in [3.8, 4) is 11.8 Å². The first-order chi connectivity index (χ1) is 9.77. The summed E-state index contributed by atoms with van der Waals surface area (Å²) in [4.78, 5) is 12.5. The smallest absolute Gasteiger partial charge is 0.246 e. The predicted octanol–water partition coefficient (Wildman–Crippen LogP) is 0.761. The van der Waals surface area contributed by atoms with E-state index < -0.39 is 0 Å². The normalized spacial score (nSPS) is 9.90. The van der Waals surface area contributed by atoms with Gasteiger partial charge in [-0.05, 0) is 11.4 Å². The van der Waals surface area contributed by atoms with Crippen molar-refractivity contribution >= 4 is 17.2 Å². The zero-order chi connectivity index (χ0) is 14.6. The molecule has 6 heteroatoms. The maximum atomic E-state index is 11.5. The van der Waals surface area contributed by atoms with Crippen molar-refractivity contribution in [1.82, 2.24) is 5.32 Å². The summed E-state index contributed by atoms with van der Waals surface area (Å²) in [6.45, 7) is 1.40. The highest BCUT2D eigenvalue weighted by atomic mass is 32.1. The Morgan fingerprint density at radius 2 is 2.35 bits per heavy atom. The quantitative estimate of drug-likeness (QED) is 0.549. The van der Waals surface area contributed by atoms with E-state index in [0.717, 1.165) is 10.4 Å². The van der Waals surface area contributed by atoms with Crippen LogP contribution in [0.25, 0.3) is 0 Å². The number of carbonyl (C=O) groups is 1. The van der Waals surface area contributed by atoms with Crippen LogP contribution in [0.4, 0.5) is 0 Å². The molecule has 110 valence electrons. The number of methoxy groups -OCH3 is 1. The van der Waals surface area contributed by atoms with Crippen LogP contribution in [-0.2, 0) is 20.8 Å². The van der Waals surface area contributed by atoms with Gasteiger partial charge in [-0.1, -0.05) is 11.8 Å². The van der Waals surface area contributed by atoms with Gasteiger partial charge >= 0.3 is 0 Å². The van der Waals surface area contributed by atoms with Crippen LogP contribution in [0.2, 0.25) is 0 Å². The average Bonchev–Trinajstić information content (AvgIpc) is 2.89. The Morgan fingerprint density at radius 1 is 1.50 bits per heavy atom. The van der Waals surface area contributed by atoms with Gasteiger partial charge in [0.2, 0.25) is 5.91 Å². The molecule has 0 unspecified atom stereocenters. The number of carbonyl (C=O) groups excluding carboxylic acids is 1. The lowest BCUT2D eigenvalue weighted by molar-refractivity contribution is -0.126. The number of amides is 1. The van der Waals surface area contributed by atoms with Crippen molar-refractivity contribution in [2.24, 2.45) is 0 Å². The minimum absolute atomic E-state index is 0.0280. The maximum Gasteiger partial charge on any atom is 0.246 e. The number of aliphatic hydroxyl groups is 1. The van der Waals surface area contributed by atoms with E-state index in [2.05, 4.69) is 17.2 Å². The Balaban J connectivity index is 2.33. The molecule has 0 aliphatic carbocycles. The van der Waals surface area contributed by atoms with Crippen LogP contribution in [-0.4, -0.2) is 44.6 Å². The Kier molecular flexibility index (Phi) is 8.67. The van der Waals surface area contributed by atoms with Crippen molar-refractivity contribution < 1.29 is 19.4 Å². The van der Waals surface area contributed by atoms with Crippen LogP contribution < -0.4 is 5.32 Å². The zero-order valence-electron chi connectivity index (χ0n) is 11.5. The Bertz CT molecular complexity index is 461. The van der Waals surface area contributed by atoms with Crippen molar-refractivity contribution in [2.75, 3.05) is 33.5 Å². The van der Waals surface area contributed by atoms with E-state index in [0.29, 0.717) is 26.2 Å². The van der Waals surface area contributed by atoms with Crippen LogP contribution in [0.15, 0.2) is 11.4 Å². The van der Waals surface area contributed by atoms with Crippen molar-refractivity contribution in [1.29, 1.82) is 0 Å². The molecule has 0 atom stereocenters. The highest BCUT2D eigenvalue weighted by Crippen LogP contribution is 2.15. The summed E-state index contributed by atoms with van der Waals surface area (Å²) in [5, 5.41) is 13.4. The van der Waals surface area contributed by atoms with Crippen LogP contribution in [0, 0.1) is 11.8 Å². The van der Waals surface area contributed by atoms with E-state index in [1.807, 2.05) is 11.4 Å². The largest absolute Gasteiger partial charge is 0.395 e. The maximum absolute atomic E-state index is 11.5. The molecule has 1 amide bonds. The third-order valence-electron chi connectivity index (χ3n) is 2.32. The number of thiophene rings is 1. The summed E-state index contributed by atoms with van der Waals surface area (Å²) in [5.41, 5.74) is 0.893. The van der Waals surface area contributed by atoms with Crippen molar-refractivity contribution in [2.45, 2.75) is 13.0 Å². The molecule has 0 aromatic carbocycles. The molecule has 1 aromatic rings. The van der Waals surface area contributed by atoms with Gasteiger partial charge in [-0.3, -0.25) is 4.79 Å². The molecule has 0 aliphatic heterocycles. The molecule has 0 spiro atoms. The lowest BCUT2D eigenvalue weighted by Gasteiger charge is -2.05. The monoisotopic (exact) mass is 297 g/mol. The lowest BCUT2D eigenvalue weighted by Crippen LogP contribution is -2.27. The van der Waals surface area contributed by atoms with E-state index in [1.54, 1.807) is 18.4 Å². The fraction of sp³-hybridized carbons (Fsp3) is 0.500. The van der Waals surface area contributed by atoms with Gasteiger partial charge in [-0.25, -0.2) is 0 Å². The van der Waals surface area contributed by atoms with Gasteiger partial charge in [0.25, 0.3) is 0 Å². The average molecular weight is 297 g/mol. The van der Waals surface area contributed by atoms with Crippen LogP contribution in [0.1, 0.15) is 16.9 Å². The fourth-order valence-corrected chi connectivity index (χ4v) is 2.11. The number of rotatable bonds is 8. The predicted molar refractivity (Wildman–Crippen MR) is 77.4 cm³/mol. The molecule has 0 bridgehead atoms. The summed E-state index contributed by atoms with van der Waals surface area (Å²) in [7, 11) is 1.58. The van der Waals surface area contributed by atoms with Crippen LogP contribution in [0.5, 0.6) is 0 Å². The first kappa shape index (κ1) is 16.7. The Labute approximate surface area is 122 Å². The summed E-state index contributed by atoms with van der Waals surface area (Å²) in [5.74, 6) is 5.69. The molecule has 0 saturated heterocycles. The molecule has 1 aromatic heterocycles. The van der Waals surface area contributed by atoms with Gasteiger partial charge in [0, 0.05) is 24.0 Å². The van der Waals surface area contributed by atoms with E-state index in [9.17, 15) is 4.79 Å². The summed E-state index contributed by atoms with van der Waals surface area (Å²) in [6.07, 6.45) is 0.453. The second-order valence-electron chi connectivity index (χ2n) is 3.85. The first-order valence-corrected chi connectivity index (χ1v) is 7.15. The molecule has 0 aliphatic rings. The second-order valence-corrected chi connectivity index (χ2v) is 4.86. The highest BCUT2D eigenvalue weighted by molar-refractivity contribution is 7.10. The van der Waals surface area contributed by atoms with Crippen molar-refractivity contribution in [3.05, 3.63) is 21.9 Å². The SMILES string of the molecule is COCCOCC(=O)NCc1sccc1C#CCCO. The molecular formula is C14H19NO4S. The van der Waals surface area contributed by atoms with Gasteiger partial charge in [0.05, 0.1) is 26.4 Å². The zero-order valence-corrected chi connectivity index (χ0v) is 12.3. The van der Waals surface area contributed by atoms with Gasteiger partial charge in [0.15, 0.2) is 0 Å². The molecule has 1 rings (SSSR count). The van der Waals surface area contributed by atoms with Gasteiger partial charge < -0.3 is 19.9 Å². The van der Waals surface area contributed by atoms with Crippen LogP contribution >= 0.6 is 11.3 Å². The highest BCUT2D eigenvalue weighted by Gasteiger charge is 2.05. The number of aliphatic hydroxyl groups excluding tert-OH is 1. The number of hydrogen-bond donors (Lipinski definition) is 2. The van der Waals surface area contributed by atoms with Crippen LogP contribution in [0.3, 0.4) is 0 Å². The molecule has 20 heavy (non-hydrogen) atoms. The molecule has 0 fully saturated rings. The van der Waals surface area contributed by atoms with Crippen molar-refractivity contribution in [3.63, 3.8) is 0 Å². The molecule has 0 radical (unpaired) electrons. The van der Waals surface area contributed by atoms with E-state index in [1.165, 1.54) is 0 Å². The molecule has 0 saturated carbocycles. The van der Waals surface area contributed by atoms with E-state index in [-0.39, 0.29) is 19.1 Å². The molecule has 5 nitrogen and oxygen atoms in total. The number of hydrogen-bond acceptors (Lipinski definition) is 5. The first-order valence-electron chi connectivity index (χ1n) is 6.27. The minimum atomic E-state index is -0.163. The van der Waals surface area contributed by atoms with Gasteiger partial charge in [-0.15, -0.1) is 11.3 Å². The number of nitrogens with one attached hydrogen (secondary N) is 1. The summed E-state index contributed by atoms with van der Waals surface area (Å²) >= 11 is 1.54. The topological polar surface area (TPSA) is 67.8 Å². The van der Waals surface area contributed by atoms with E-state index >= 15 is 0 Å². The number of ether oxygens (including phenoxy) is 2. The fourth-order valence-electron chi connectivity index (χ4n) is 1.34.